The van der Waals surface area contributed by atoms with Gasteiger partial charge in [0.15, 0.2) is 0 Å². The van der Waals surface area contributed by atoms with Gasteiger partial charge in [0.2, 0.25) is 6.71 Å². The van der Waals surface area contributed by atoms with Crippen LogP contribution in [0.25, 0.3) is 55.7 Å². The molecule has 5 nitrogen and oxygen atoms in total. The smallest absolute Gasteiger partial charge is 0.503 e. The van der Waals surface area contributed by atoms with Gasteiger partial charge in [-0.3, -0.25) is 4.98 Å². The first-order valence-corrected chi connectivity index (χ1v) is 20.4. The van der Waals surface area contributed by atoms with Crippen LogP contribution >= 0.6 is 0 Å². The molecule has 0 radical (unpaired) electrons. The van der Waals surface area contributed by atoms with Crippen molar-refractivity contribution in [3.63, 3.8) is 0 Å². The average molecular weight is 948 g/mol. The van der Waals surface area contributed by atoms with Gasteiger partial charge in [0.1, 0.15) is 5.82 Å². The van der Waals surface area contributed by atoms with Gasteiger partial charge in [-0.05, 0) is 80.6 Å². The van der Waals surface area contributed by atoms with E-state index in [0.29, 0.717) is 23.3 Å². The van der Waals surface area contributed by atoms with Crippen LogP contribution < -0.4 is 21.1 Å². The van der Waals surface area contributed by atoms with Crippen molar-refractivity contribution in [2.75, 3.05) is 0 Å². The number of hydrogen-bond acceptors (Lipinski definition) is 3. The molecule has 0 bridgehead atoms. The molecule has 59 heavy (non-hydrogen) atoms. The molecule has 0 saturated carbocycles. The fourth-order valence-corrected chi connectivity index (χ4v) is 9.09. The second-order valence-corrected chi connectivity index (χ2v) is 17.3. The molecular formula is C52H45BN4OPt. The maximum atomic E-state index is 6.63. The van der Waals surface area contributed by atoms with Crippen molar-refractivity contribution in [3.05, 3.63) is 162 Å². The van der Waals surface area contributed by atoms with Gasteiger partial charge in [0.05, 0.1) is 16.9 Å². The number of imidazole rings is 1. The van der Waals surface area contributed by atoms with Gasteiger partial charge in [-0.1, -0.05) is 132 Å². The zero-order chi connectivity index (χ0) is 39.9. The quantitative estimate of drug-likeness (QED) is 0.118. The predicted molar refractivity (Wildman–Crippen MR) is 241 cm³/mol. The van der Waals surface area contributed by atoms with E-state index in [1.54, 1.807) is 0 Å². The maximum absolute atomic E-state index is 6.63. The fourth-order valence-electron chi connectivity index (χ4n) is 9.09. The second kappa shape index (κ2) is 14.8. The summed E-state index contributed by atoms with van der Waals surface area (Å²) >= 11 is 0. The Labute approximate surface area is 361 Å². The molecule has 0 N–H and O–H groups in total. The van der Waals surface area contributed by atoms with E-state index in [4.69, 9.17) is 14.7 Å². The van der Waals surface area contributed by atoms with Crippen molar-refractivity contribution in [2.45, 2.75) is 65.7 Å². The van der Waals surface area contributed by atoms with Gasteiger partial charge in [-0.25, -0.2) is 4.98 Å². The number of fused-ring (bicyclic) bond motifs is 5. The van der Waals surface area contributed by atoms with Crippen molar-refractivity contribution in [1.29, 1.82) is 0 Å². The number of benzene rings is 6. The number of ether oxygens (including phenoxy) is 1. The van der Waals surface area contributed by atoms with E-state index in [-0.39, 0.29) is 33.2 Å². The minimum atomic E-state index is -0.0176. The minimum Gasteiger partial charge on any atom is -0.503 e. The van der Waals surface area contributed by atoms with Crippen LogP contribution in [-0.4, -0.2) is 25.8 Å². The molecule has 1 aliphatic heterocycles. The molecule has 292 valence electrons. The predicted octanol–water partition coefficient (Wildman–Crippen LogP) is 10.9. The monoisotopic (exact) mass is 947 g/mol. The van der Waals surface area contributed by atoms with Gasteiger partial charge in [0.25, 0.3) is 0 Å². The number of hydrogen-bond donors (Lipinski definition) is 0. The second-order valence-electron chi connectivity index (χ2n) is 17.3. The maximum Gasteiger partial charge on any atom is 2.00 e. The van der Waals surface area contributed by atoms with Crippen LogP contribution in [0.2, 0.25) is 0 Å². The summed E-state index contributed by atoms with van der Waals surface area (Å²) in [6, 6.07) is 52.5. The van der Waals surface area contributed by atoms with Crippen molar-refractivity contribution in [2.24, 2.45) is 0 Å². The Morgan fingerprint density at radius 1 is 0.661 bits per heavy atom. The first kappa shape index (κ1) is 38.8. The number of pyridine rings is 1. The third kappa shape index (κ3) is 6.44. The SMILES string of the molecule is CC(C)c1cccc(C(C)C)c1B1c2ccccc2-n2c(-c3[c-]c(Oc4[c-]c5c(cc4)c4ccccc4n5-c4cc(C(C)(C)C)ccn4)ccc3)nc3cccc1c32.[Pt+2]. The van der Waals surface area contributed by atoms with Crippen molar-refractivity contribution in [3.8, 4) is 34.4 Å². The van der Waals surface area contributed by atoms with Crippen molar-refractivity contribution >= 4 is 55.9 Å². The molecule has 7 heteroatoms. The Morgan fingerprint density at radius 3 is 2.14 bits per heavy atom. The van der Waals surface area contributed by atoms with E-state index in [9.17, 15) is 0 Å². The first-order chi connectivity index (χ1) is 28.1. The molecule has 0 saturated heterocycles. The van der Waals surface area contributed by atoms with Crippen LogP contribution in [0.3, 0.4) is 0 Å². The number of para-hydroxylation sites is 3. The molecule has 6 aromatic carbocycles. The van der Waals surface area contributed by atoms with E-state index in [1.807, 2.05) is 24.4 Å². The van der Waals surface area contributed by atoms with Crippen LogP contribution in [-0.2, 0) is 26.5 Å². The van der Waals surface area contributed by atoms with Gasteiger partial charge >= 0.3 is 21.1 Å². The zero-order valence-electron chi connectivity index (χ0n) is 34.4. The zero-order valence-corrected chi connectivity index (χ0v) is 36.7. The third-order valence-corrected chi connectivity index (χ3v) is 11.8. The summed E-state index contributed by atoms with van der Waals surface area (Å²) in [4.78, 5) is 10.2. The van der Waals surface area contributed by atoms with E-state index in [1.165, 1.54) is 33.1 Å². The summed E-state index contributed by atoms with van der Waals surface area (Å²) in [7, 11) is 0. The fraction of sp³-hybridized carbons (Fsp3) is 0.192. The molecular weight excluding hydrogens is 902 g/mol. The Balaban J connectivity index is 0.00000449. The summed E-state index contributed by atoms with van der Waals surface area (Å²) in [5, 5.41) is 2.24. The Bertz CT molecular complexity index is 3030. The summed E-state index contributed by atoms with van der Waals surface area (Å²) in [5.41, 5.74) is 14.1. The molecule has 9 aromatic rings. The Kier molecular flexibility index (Phi) is 9.76. The van der Waals surface area contributed by atoms with Gasteiger partial charge < -0.3 is 13.9 Å². The van der Waals surface area contributed by atoms with Crippen molar-refractivity contribution < 1.29 is 25.8 Å². The molecule has 0 atom stereocenters. The summed E-state index contributed by atoms with van der Waals surface area (Å²) in [5.74, 6) is 3.67. The molecule has 0 spiro atoms. The number of aromatic nitrogens is 4. The van der Waals surface area contributed by atoms with Crippen LogP contribution in [0, 0.1) is 12.1 Å². The van der Waals surface area contributed by atoms with E-state index in [2.05, 4.69) is 179 Å². The topological polar surface area (TPSA) is 44.9 Å². The van der Waals surface area contributed by atoms with Crippen LogP contribution in [0.4, 0.5) is 0 Å². The minimum absolute atomic E-state index is 0. The molecule has 1 aliphatic rings. The number of nitrogens with zero attached hydrogens (tertiary/aromatic N) is 4. The Hall–Kier alpha value is -5.71. The largest absolute Gasteiger partial charge is 2.00 e. The van der Waals surface area contributed by atoms with Gasteiger partial charge in [-0.15, -0.1) is 41.3 Å². The van der Waals surface area contributed by atoms with Crippen LogP contribution in [0.15, 0.2) is 134 Å². The molecule has 3 aromatic heterocycles. The van der Waals surface area contributed by atoms with E-state index >= 15 is 0 Å². The van der Waals surface area contributed by atoms with Crippen LogP contribution in [0.5, 0.6) is 11.5 Å². The number of rotatable bonds is 7. The normalized spacial score (nSPS) is 12.5. The van der Waals surface area contributed by atoms with E-state index < -0.39 is 0 Å². The molecule has 0 aliphatic carbocycles. The van der Waals surface area contributed by atoms with Gasteiger partial charge in [-0.2, -0.15) is 6.07 Å². The first-order valence-electron chi connectivity index (χ1n) is 20.4. The molecule has 10 rings (SSSR count). The summed E-state index contributed by atoms with van der Waals surface area (Å²) < 4.78 is 11.2. The summed E-state index contributed by atoms with van der Waals surface area (Å²) in [6.45, 7) is 16.0. The van der Waals surface area contributed by atoms with Crippen LogP contribution in [0.1, 0.15) is 77.0 Å². The third-order valence-electron chi connectivity index (χ3n) is 11.8. The average Bonchev–Trinajstić information content (AvgIpc) is 3.78. The summed E-state index contributed by atoms with van der Waals surface area (Å²) in [6.07, 6.45) is 1.90. The molecule has 0 unspecified atom stereocenters. The van der Waals surface area contributed by atoms with E-state index in [0.717, 1.165) is 55.7 Å². The standard InChI is InChI=1S/C52H45BN4O.Pt/c1-32(2)38-18-13-19-39(33(3)4)49(38)53-42-20-9-11-24-46(42)57-50-43(53)21-14-22-44(50)55-51(57)34-15-12-16-36(29-34)58-37-25-26-41-40-17-8-10-23-45(40)56(47(41)31-37)48-30-35(27-28-54-48)52(5,6)7;/h8-28,30,32-33H,1-7H3;/q-2;+2. The molecule has 0 amide bonds. The Morgan fingerprint density at radius 2 is 1.36 bits per heavy atom. The van der Waals surface area contributed by atoms with Crippen molar-refractivity contribution in [1.82, 2.24) is 19.1 Å². The molecule has 4 heterocycles. The van der Waals surface area contributed by atoms with Gasteiger partial charge in [0, 0.05) is 28.9 Å². The molecule has 0 fully saturated rings.